The van der Waals surface area contributed by atoms with Crippen LogP contribution in [0, 0.1) is 0 Å². The van der Waals surface area contributed by atoms with Crippen LogP contribution in [0.1, 0.15) is 176 Å². The molecule has 0 bridgehead atoms. The zero-order valence-electron chi connectivity index (χ0n) is 33.0. The fraction of sp³-hybridized carbons (Fsp3) is 0.707. The van der Waals surface area contributed by atoms with Gasteiger partial charge in [-0.3, -0.25) is 0 Å². The first-order valence-electron chi connectivity index (χ1n) is 19.2. The number of benzene rings is 2. The van der Waals surface area contributed by atoms with Crippen LogP contribution in [0.2, 0.25) is 0 Å². The molecule has 0 aliphatic carbocycles. The van der Waals surface area contributed by atoms with Crippen LogP contribution in [0.25, 0.3) is 0 Å². The zero-order valence-corrected chi connectivity index (χ0v) is 35.8. The summed E-state index contributed by atoms with van der Waals surface area (Å²) in [4.78, 5) is 0. The molecule has 0 radical (unpaired) electrons. The molecule has 5 nitrogen and oxygen atoms in total. The summed E-state index contributed by atoms with van der Waals surface area (Å²) in [7, 11) is -4.10. The van der Waals surface area contributed by atoms with E-state index in [0.29, 0.717) is 25.2 Å². The number of unbranched alkanes of at least 4 members (excludes halogenated alkanes) is 13. The Kier molecular flexibility index (Phi) is 47.2. The number of hydrogen-bond acceptors (Lipinski definition) is 5. The van der Waals surface area contributed by atoms with Gasteiger partial charge in [-0.1, -0.05) is 163 Å². The van der Waals surface area contributed by atoms with Crippen molar-refractivity contribution in [3.05, 3.63) is 59.7 Å². The third kappa shape index (κ3) is 41.1. The number of hydrogen-bond donors (Lipinski definition) is 1. The zero-order chi connectivity index (χ0) is 36.0. The Hall–Kier alpha value is -1.05. The van der Waals surface area contributed by atoms with E-state index >= 15 is 0 Å². The molecule has 1 N–H and O–H groups in total. The number of phenols is 1. The van der Waals surface area contributed by atoms with Gasteiger partial charge in [0.1, 0.15) is 11.5 Å². The van der Waals surface area contributed by atoms with Crippen LogP contribution in [0.15, 0.2) is 48.5 Å². The van der Waals surface area contributed by atoms with Gasteiger partial charge in [-0.15, -0.1) is 0 Å². The van der Waals surface area contributed by atoms with Crippen molar-refractivity contribution in [1.29, 1.82) is 0 Å². The second kappa shape index (κ2) is 42.1. The molecule has 2 aromatic carbocycles. The molecule has 2 aromatic rings. The molecular formula is C41H75NaO5S. The van der Waals surface area contributed by atoms with E-state index in [1.165, 1.54) is 107 Å². The van der Waals surface area contributed by atoms with Gasteiger partial charge in [-0.2, -0.15) is 0 Å². The fourth-order valence-electron chi connectivity index (χ4n) is 4.56. The number of rotatable bonds is 22. The van der Waals surface area contributed by atoms with Crippen LogP contribution in [0.5, 0.6) is 11.5 Å². The number of phenolic OH excluding ortho intramolecular Hbond substituents is 1. The van der Waals surface area contributed by atoms with Crippen LogP contribution in [0.3, 0.4) is 0 Å². The Balaban J connectivity index is -0.000000349. The Labute approximate surface area is 321 Å². The van der Waals surface area contributed by atoms with Crippen molar-refractivity contribution in [2.75, 3.05) is 12.4 Å². The molecule has 276 valence electrons. The SMILES string of the molecule is CC.CC.CCC.CCCCCCCCCc1ccc(O)cc1.CCCCCCCCCc1ccc(OCCCCS(=O)(=O)[O-])cc1.[Na+]. The second-order valence-electron chi connectivity index (χ2n) is 11.6. The predicted molar refractivity (Wildman–Crippen MR) is 206 cm³/mol. The van der Waals surface area contributed by atoms with Gasteiger partial charge in [0.05, 0.1) is 16.7 Å². The average molecular weight is 703 g/mol. The van der Waals surface area contributed by atoms with E-state index in [0.717, 1.165) is 18.6 Å². The van der Waals surface area contributed by atoms with Crippen LogP contribution in [0.4, 0.5) is 0 Å². The summed E-state index contributed by atoms with van der Waals surface area (Å²) in [6.45, 7) is 17.2. The number of ether oxygens (including phenoxy) is 1. The number of aryl methyl sites for hydroxylation is 2. The maximum atomic E-state index is 10.5. The van der Waals surface area contributed by atoms with E-state index in [-0.39, 0.29) is 35.3 Å². The standard InChI is InChI=1S/C19H32O4S.C15H24O.C3H8.2C2H6.Na/c1-2-3-4-5-6-7-8-11-18-12-14-19(15-13-18)23-16-9-10-17-24(20,21)22;1-2-3-4-5-6-7-8-9-14-10-12-15(16)13-11-14;1-3-2;2*1-2;/h12-15H,2-11,16-17H2,1H3,(H,20,21,22);10-13,16H,2-9H2,1H3;3H2,1-2H3;2*1-2H3;/q;;;;;+1/p-1. The average Bonchev–Trinajstić information content (AvgIpc) is 3.07. The van der Waals surface area contributed by atoms with E-state index < -0.39 is 10.1 Å². The largest absolute Gasteiger partial charge is 1.00 e. The summed E-state index contributed by atoms with van der Waals surface area (Å²) >= 11 is 0. The van der Waals surface area contributed by atoms with Crippen molar-refractivity contribution in [3.8, 4) is 11.5 Å². The third-order valence-electron chi connectivity index (χ3n) is 7.06. The van der Waals surface area contributed by atoms with Gasteiger partial charge in [0, 0.05) is 5.75 Å². The van der Waals surface area contributed by atoms with E-state index in [9.17, 15) is 13.0 Å². The van der Waals surface area contributed by atoms with Crippen molar-refractivity contribution in [2.24, 2.45) is 0 Å². The van der Waals surface area contributed by atoms with Gasteiger partial charge in [-0.05, 0) is 73.9 Å². The molecule has 0 fully saturated rings. The van der Waals surface area contributed by atoms with Crippen molar-refractivity contribution in [1.82, 2.24) is 0 Å². The molecule has 0 aromatic heterocycles. The van der Waals surface area contributed by atoms with Gasteiger partial charge < -0.3 is 14.4 Å². The minimum absolute atomic E-state index is 0. The molecule has 0 saturated heterocycles. The minimum Gasteiger partial charge on any atom is -0.748 e. The summed E-state index contributed by atoms with van der Waals surface area (Å²) in [5.74, 6) is 0.847. The third-order valence-corrected chi connectivity index (χ3v) is 7.84. The molecule has 48 heavy (non-hydrogen) atoms. The fourth-order valence-corrected chi connectivity index (χ4v) is 5.12. The molecule has 0 spiro atoms. The topological polar surface area (TPSA) is 86.7 Å². The first-order valence-corrected chi connectivity index (χ1v) is 20.8. The first-order chi connectivity index (χ1) is 22.8. The molecule has 0 unspecified atom stereocenters. The van der Waals surface area contributed by atoms with Crippen molar-refractivity contribution >= 4 is 10.1 Å². The normalized spacial score (nSPS) is 9.94. The quantitative estimate of drug-likeness (QED) is 0.0750. The van der Waals surface area contributed by atoms with Crippen LogP contribution < -0.4 is 34.3 Å². The maximum Gasteiger partial charge on any atom is 1.00 e. The van der Waals surface area contributed by atoms with E-state index in [2.05, 4.69) is 39.8 Å². The summed E-state index contributed by atoms with van der Waals surface area (Å²) in [5.41, 5.74) is 2.67. The van der Waals surface area contributed by atoms with Gasteiger partial charge in [0.2, 0.25) is 0 Å². The Morgan fingerprint density at radius 1 is 0.562 bits per heavy atom. The van der Waals surface area contributed by atoms with Crippen molar-refractivity contribution < 1.29 is 52.4 Å². The molecule has 0 aliphatic heterocycles. The second-order valence-corrected chi connectivity index (χ2v) is 13.1. The molecular weight excluding hydrogens is 628 g/mol. The Morgan fingerprint density at radius 2 is 0.917 bits per heavy atom. The number of aromatic hydroxyl groups is 1. The summed E-state index contributed by atoms with van der Waals surface area (Å²) < 4.78 is 37.0. The Morgan fingerprint density at radius 3 is 1.29 bits per heavy atom. The van der Waals surface area contributed by atoms with Gasteiger partial charge >= 0.3 is 29.6 Å². The molecule has 7 heteroatoms. The maximum absolute atomic E-state index is 10.5. The molecule has 0 amide bonds. The minimum atomic E-state index is -4.10. The Bertz CT molecular complexity index is 963. The summed E-state index contributed by atoms with van der Waals surface area (Å²) in [5, 5.41) is 9.15. The van der Waals surface area contributed by atoms with Crippen molar-refractivity contribution in [3.63, 3.8) is 0 Å². The summed E-state index contributed by atoms with van der Waals surface area (Å²) in [6.07, 6.45) is 23.1. The molecule has 0 atom stereocenters. The monoisotopic (exact) mass is 703 g/mol. The molecule has 2 rings (SSSR count). The van der Waals surface area contributed by atoms with E-state index in [4.69, 9.17) is 9.84 Å². The van der Waals surface area contributed by atoms with Crippen molar-refractivity contribution in [2.45, 2.75) is 177 Å². The van der Waals surface area contributed by atoms with Crippen LogP contribution in [-0.2, 0) is 23.0 Å². The van der Waals surface area contributed by atoms with Gasteiger partial charge in [0.25, 0.3) is 0 Å². The first kappa shape index (κ1) is 53.7. The smallest absolute Gasteiger partial charge is 0.748 e. The predicted octanol–water partition coefficient (Wildman–Crippen LogP) is 9.84. The summed E-state index contributed by atoms with van der Waals surface area (Å²) in [6, 6.07) is 15.7. The van der Waals surface area contributed by atoms with Crippen LogP contribution >= 0.6 is 0 Å². The van der Waals surface area contributed by atoms with E-state index in [1.807, 2.05) is 52.0 Å². The van der Waals surface area contributed by atoms with E-state index in [1.54, 1.807) is 12.1 Å². The van der Waals surface area contributed by atoms with Gasteiger partial charge in [-0.25, -0.2) is 8.42 Å². The molecule has 0 saturated carbocycles. The molecule has 0 heterocycles. The molecule has 0 aliphatic rings. The van der Waals surface area contributed by atoms with Crippen LogP contribution in [-0.4, -0.2) is 30.4 Å². The van der Waals surface area contributed by atoms with Gasteiger partial charge in [0.15, 0.2) is 0 Å².